The Kier molecular flexibility index (Phi) is 6.34. The highest BCUT2D eigenvalue weighted by molar-refractivity contribution is 6.01. The molecule has 0 unspecified atom stereocenters. The summed E-state index contributed by atoms with van der Waals surface area (Å²) in [5.74, 6) is 1.64. The Bertz CT molecular complexity index is 1170. The quantitative estimate of drug-likeness (QED) is 0.538. The SMILES string of the molecule is [B-][N+]1=CC=CC1=C(CCN)c1[nH]c(/C=C/c2ccc(Oc3ccccc3)cc2)cc1C. The Labute approximate surface area is 184 Å². The van der Waals surface area contributed by atoms with Gasteiger partial charge in [-0.2, -0.15) is 0 Å². The number of nitrogens with zero attached hydrogens (tertiary/aromatic N) is 1. The van der Waals surface area contributed by atoms with Gasteiger partial charge in [0, 0.05) is 23.4 Å². The van der Waals surface area contributed by atoms with Gasteiger partial charge < -0.3 is 19.9 Å². The van der Waals surface area contributed by atoms with Gasteiger partial charge in [-0.25, -0.2) is 0 Å². The maximum absolute atomic E-state index is 6.08. The second-order valence-electron chi connectivity index (χ2n) is 7.42. The van der Waals surface area contributed by atoms with E-state index in [4.69, 9.17) is 18.5 Å². The number of hydrogen-bond donors (Lipinski definition) is 2. The lowest BCUT2D eigenvalue weighted by Gasteiger charge is -2.13. The van der Waals surface area contributed by atoms with Crippen molar-refractivity contribution in [3.63, 3.8) is 0 Å². The number of aryl methyl sites for hydroxylation is 1. The molecule has 0 saturated heterocycles. The topological polar surface area (TPSA) is 54.0 Å². The molecule has 0 fully saturated rings. The van der Waals surface area contributed by atoms with Gasteiger partial charge in [0.1, 0.15) is 17.7 Å². The van der Waals surface area contributed by atoms with E-state index >= 15 is 0 Å². The smallest absolute Gasteiger partial charge is 0.150 e. The van der Waals surface area contributed by atoms with E-state index in [1.54, 1.807) is 4.49 Å². The third kappa shape index (κ3) is 4.96. The molecular weight excluding hydrogens is 381 g/mol. The Morgan fingerprint density at radius 3 is 2.48 bits per heavy atom. The summed E-state index contributed by atoms with van der Waals surface area (Å²) in [5, 5.41) is 0. The summed E-state index contributed by atoms with van der Waals surface area (Å²) in [5.41, 5.74) is 12.3. The number of nitrogens with two attached hydrogens (primary N) is 1. The molecule has 0 bridgehead atoms. The first-order chi connectivity index (χ1) is 15.1. The third-order valence-corrected chi connectivity index (χ3v) is 5.13. The highest BCUT2D eigenvalue weighted by Gasteiger charge is 2.16. The summed E-state index contributed by atoms with van der Waals surface area (Å²) in [6.45, 7) is 2.65. The summed E-state index contributed by atoms with van der Waals surface area (Å²) in [7, 11) is 6.08. The number of hydrogen-bond acceptors (Lipinski definition) is 2. The van der Waals surface area contributed by atoms with E-state index in [9.17, 15) is 0 Å². The van der Waals surface area contributed by atoms with Crippen molar-refractivity contribution < 1.29 is 9.22 Å². The Hall–Kier alpha value is -3.57. The summed E-state index contributed by atoms with van der Waals surface area (Å²) >= 11 is 0. The van der Waals surface area contributed by atoms with Gasteiger partial charge in [0.15, 0.2) is 5.70 Å². The van der Waals surface area contributed by atoms with Gasteiger partial charge in [-0.1, -0.05) is 36.4 Å². The first-order valence-electron chi connectivity index (χ1n) is 10.3. The molecule has 2 aromatic carbocycles. The largest absolute Gasteiger partial charge is 0.509 e. The molecule has 31 heavy (non-hydrogen) atoms. The van der Waals surface area contributed by atoms with Crippen LogP contribution in [0.3, 0.4) is 0 Å². The van der Waals surface area contributed by atoms with Crippen LogP contribution in [0.25, 0.3) is 17.7 Å². The van der Waals surface area contributed by atoms with Crippen LogP contribution in [0.4, 0.5) is 0 Å². The van der Waals surface area contributed by atoms with E-state index in [0.717, 1.165) is 51.7 Å². The maximum Gasteiger partial charge on any atom is 0.150 e. The second-order valence-corrected chi connectivity index (χ2v) is 7.42. The summed E-state index contributed by atoms with van der Waals surface area (Å²) < 4.78 is 7.49. The van der Waals surface area contributed by atoms with Crippen LogP contribution in [0, 0.1) is 6.92 Å². The average Bonchev–Trinajstić information content (AvgIpc) is 3.37. The Morgan fingerprint density at radius 1 is 1.06 bits per heavy atom. The predicted molar refractivity (Wildman–Crippen MR) is 129 cm³/mol. The molecule has 3 radical (unpaired) electrons. The first-order valence-corrected chi connectivity index (χ1v) is 10.3. The van der Waals surface area contributed by atoms with Gasteiger partial charge in [0.05, 0.1) is 5.69 Å². The number of ether oxygens (including phenoxy) is 1. The van der Waals surface area contributed by atoms with Crippen LogP contribution < -0.4 is 10.5 Å². The number of nitrogens with one attached hydrogen (secondary N) is 1. The molecule has 153 valence electrons. The highest BCUT2D eigenvalue weighted by Crippen LogP contribution is 2.28. The zero-order valence-electron chi connectivity index (χ0n) is 17.6. The van der Waals surface area contributed by atoms with Crippen molar-refractivity contribution in [1.82, 2.24) is 4.98 Å². The second kappa shape index (κ2) is 9.50. The molecule has 1 aromatic heterocycles. The van der Waals surface area contributed by atoms with E-state index in [0.29, 0.717) is 6.54 Å². The maximum atomic E-state index is 6.08. The van der Waals surface area contributed by atoms with Crippen molar-refractivity contribution in [2.24, 2.45) is 5.73 Å². The number of benzene rings is 2. The summed E-state index contributed by atoms with van der Waals surface area (Å²) in [4.78, 5) is 3.52. The lowest BCUT2D eigenvalue weighted by atomic mass is 10.0. The molecular formula is C26H25BN3O. The van der Waals surface area contributed by atoms with Gasteiger partial charge in [-0.15, -0.1) is 7.98 Å². The average molecular weight is 406 g/mol. The van der Waals surface area contributed by atoms with Gasteiger partial charge in [0.2, 0.25) is 0 Å². The Balaban J connectivity index is 1.51. The van der Waals surface area contributed by atoms with Crippen LogP contribution in [-0.2, 0) is 0 Å². The zero-order valence-corrected chi connectivity index (χ0v) is 17.6. The van der Waals surface area contributed by atoms with Crippen LogP contribution >= 0.6 is 0 Å². The predicted octanol–water partition coefficient (Wildman–Crippen LogP) is 5.08. The van der Waals surface area contributed by atoms with Crippen molar-refractivity contribution in [2.45, 2.75) is 13.3 Å². The fourth-order valence-corrected chi connectivity index (χ4v) is 3.62. The van der Waals surface area contributed by atoms with Gasteiger partial charge in [-0.3, -0.25) is 0 Å². The molecule has 1 aliphatic heterocycles. The number of rotatable bonds is 7. The van der Waals surface area contributed by atoms with Gasteiger partial charge >= 0.3 is 0 Å². The highest BCUT2D eigenvalue weighted by atomic mass is 16.5. The van der Waals surface area contributed by atoms with Crippen LogP contribution in [0.5, 0.6) is 11.5 Å². The van der Waals surface area contributed by atoms with Crippen molar-refractivity contribution >= 4 is 31.9 Å². The molecule has 0 saturated carbocycles. The molecule has 3 N–H and O–H groups in total. The zero-order chi connectivity index (χ0) is 21.6. The van der Waals surface area contributed by atoms with E-state index < -0.39 is 0 Å². The summed E-state index contributed by atoms with van der Waals surface area (Å²) in [6, 6.07) is 19.9. The van der Waals surface area contributed by atoms with Gasteiger partial charge in [0.25, 0.3) is 0 Å². The molecule has 5 heteroatoms. The summed E-state index contributed by atoms with van der Waals surface area (Å²) in [6.07, 6.45) is 10.7. The molecule has 0 atom stereocenters. The minimum atomic E-state index is 0.557. The standard InChI is InChI=1S/C26H25BN3O/c1-19-18-21(29-26(19)24(15-16-28)25-8-5-17-30(25)27)12-9-20-10-13-23(14-11-20)31-22-6-3-2-4-7-22/h2-14,17-18,29H,15-16,28H2,1H3/b12-9+,25-24?. The first kappa shape index (κ1) is 20.7. The molecule has 4 nitrogen and oxygen atoms in total. The van der Waals surface area contributed by atoms with Crippen molar-refractivity contribution in [1.29, 1.82) is 0 Å². The number of aromatic nitrogens is 1. The van der Waals surface area contributed by atoms with Crippen LogP contribution in [0.1, 0.15) is 28.9 Å². The number of allylic oxidation sites excluding steroid dienone is 2. The number of aromatic amines is 1. The minimum absolute atomic E-state index is 0.557. The fraction of sp³-hybridized carbons (Fsp3) is 0.115. The van der Waals surface area contributed by atoms with Crippen molar-refractivity contribution in [3.8, 4) is 11.5 Å². The van der Waals surface area contributed by atoms with Crippen molar-refractivity contribution in [3.05, 3.63) is 101 Å². The lowest BCUT2D eigenvalue weighted by Crippen LogP contribution is -2.09. The van der Waals surface area contributed by atoms with E-state index in [-0.39, 0.29) is 0 Å². The van der Waals surface area contributed by atoms with E-state index in [2.05, 4.69) is 30.1 Å². The minimum Gasteiger partial charge on any atom is -0.509 e. The van der Waals surface area contributed by atoms with Crippen LogP contribution in [0.2, 0.25) is 0 Å². The van der Waals surface area contributed by atoms with Crippen molar-refractivity contribution in [2.75, 3.05) is 6.54 Å². The van der Waals surface area contributed by atoms with E-state index in [1.807, 2.05) is 73.0 Å². The molecule has 0 aliphatic carbocycles. The number of para-hydroxylation sites is 1. The number of H-pyrrole nitrogens is 1. The molecule has 2 heterocycles. The van der Waals surface area contributed by atoms with Crippen LogP contribution in [-0.4, -0.2) is 30.2 Å². The van der Waals surface area contributed by atoms with Crippen LogP contribution in [0.15, 0.2) is 78.5 Å². The monoisotopic (exact) mass is 406 g/mol. The molecule has 3 aromatic rings. The molecule has 0 amide bonds. The van der Waals surface area contributed by atoms with Gasteiger partial charge in [-0.05, 0) is 67.4 Å². The molecule has 4 rings (SSSR count). The lowest BCUT2D eigenvalue weighted by molar-refractivity contribution is -0.294. The Morgan fingerprint density at radius 2 is 1.81 bits per heavy atom. The normalized spacial score (nSPS) is 14.9. The third-order valence-electron chi connectivity index (χ3n) is 5.13. The fourth-order valence-electron chi connectivity index (χ4n) is 3.62. The molecule has 0 spiro atoms. The van der Waals surface area contributed by atoms with E-state index in [1.165, 1.54) is 0 Å². The molecule has 1 aliphatic rings.